The first-order valence-corrected chi connectivity index (χ1v) is 4.81. The highest BCUT2D eigenvalue weighted by molar-refractivity contribution is 5.75. The summed E-state index contributed by atoms with van der Waals surface area (Å²) in [5, 5.41) is 8.64. The highest BCUT2D eigenvalue weighted by atomic mass is 19.2. The van der Waals surface area contributed by atoms with Crippen LogP contribution < -0.4 is 5.73 Å². The molecule has 0 aromatic heterocycles. The van der Waals surface area contributed by atoms with Gasteiger partial charge in [-0.05, 0) is 31.5 Å². The molecule has 3 nitrogen and oxygen atoms in total. The van der Waals surface area contributed by atoms with E-state index in [0.29, 0.717) is 6.07 Å². The molecule has 0 fully saturated rings. The molecule has 0 heterocycles. The van der Waals surface area contributed by atoms with Gasteiger partial charge in [0.25, 0.3) is 0 Å². The van der Waals surface area contributed by atoms with E-state index in [-0.39, 0.29) is 5.56 Å². The van der Waals surface area contributed by atoms with Gasteiger partial charge in [-0.1, -0.05) is 0 Å². The van der Waals surface area contributed by atoms with Crippen molar-refractivity contribution in [2.75, 3.05) is 0 Å². The van der Waals surface area contributed by atoms with Gasteiger partial charge in [-0.2, -0.15) is 0 Å². The SMILES string of the molecule is CC(C)(F)c1cc(F)c(F)c(C(N)C(=O)O)c1. The number of carboxylic acids is 1. The zero-order chi connectivity index (χ0) is 13.4. The fourth-order valence-electron chi connectivity index (χ4n) is 1.31. The second kappa shape index (κ2) is 4.37. The minimum atomic E-state index is -1.92. The van der Waals surface area contributed by atoms with Gasteiger partial charge in [-0.25, -0.2) is 13.2 Å². The lowest BCUT2D eigenvalue weighted by molar-refractivity contribution is -0.138. The molecule has 1 aromatic rings. The molecule has 0 bridgehead atoms. The Balaban J connectivity index is 3.40. The van der Waals surface area contributed by atoms with Crippen LogP contribution in [0.5, 0.6) is 0 Å². The van der Waals surface area contributed by atoms with Crippen LogP contribution in [0.1, 0.15) is 31.0 Å². The predicted octanol–water partition coefficient (Wildman–Crippen LogP) is 2.25. The van der Waals surface area contributed by atoms with E-state index >= 15 is 0 Å². The molecule has 0 saturated heterocycles. The molecule has 1 rings (SSSR count). The number of hydrogen-bond donors (Lipinski definition) is 2. The first-order valence-electron chi connectivity index (χ1n) is 4.81. The van der Waals surface area contributed by atoms with Crippen molar-refractivity contribution in [1.29, 1.82) is 0 Å². The highest BCUT2D eigenvalue weighted by Gasteiger charge is 2.27. The quantitative estimate of drug-likeness (QED) is 0.861. The van der Waals surface area contributed by atoms with Crippen LogP contribution in [-0.2, 0) is 10.5 Å². The Hall–Kier alpha value is -1.56. The maximum atomic E-state index is 13.6. The summed E-state index contributed by atoms with van der Waals surface area (Å²) in [5.41, 5.74) is 2.54. The van der Waals surface area contributed by atoms with Crippen LogP contribution in [0.15, 0.2) is 12.1 Å². The lowest BCUT2D eigenvalue weighted by atomic mass is 9.95. The summed E-state index contributed by atoms with van der Waals surface area (Å²) >= 11 is 0. The number of benzene rings is 1. The summed E-state index contributed by atoms with van der Waals surface area (Å²) in [6.45, 7) is 2.30. The minimum absolute atomic E-state index is 0.164. The van der Waals surface area contributed by atoms with Gasteiger partial charge in [0.05, 0.1) is 0 Å². The van der Waals surface area contributed by atoms with Crippen molar-refractivity contribution >= 4 is 5.97 Å². The third kappa shape index (κ3) is 2.76. The van der Waals surface area contributed by atoms with Crippen LogP contribution in [0, 0.1) is 11.6 Å². The van der Waals surface area contributed by atoms with Gasteiger partial charge in [-0.15, -0.1) is 0 Å². The average molecular weight is 247 g/mol. The first kappa shape index (κ1) is 13.5. The second-order valence-electron chi connectivity index (χ2n) is 4.15. The van der Waals surface area contributed by atoms with E-state index in [2.05, 4.69) is 0 Å². The molecule has 17 heavy (non-hydrogen) atoms. The standard InChI is InChI=1S/C11H12F3NO2/c1-11(2,14)5-3-6(9(15)10(16)17)8(13)7(12)4-5/h3-4,9H,15H2,1-2H3,(H,16,17). The molecule has 0 aliphatic carbocycles. The number of halogens is 3. The van der Waals surface area contributed by atoms with Gasteiger partial charge in [-0.3, -0.25) is 4.79 Å². The Morgan fingerprint density at radius 2 is 1.94 bits per heavy atom. The molecular weight excluding hydrogens is 235 g/mol. The first-order chi connectivity index (χ1) is 7.64. The lowest BCUT2D eigenvalue weighted by Gasteiger charge is -2.18. The molecule has 0 saturated carbocycles. The van der Waals surface area contributed by atoms with E-state index < -0.39 is 34.9 Å². The van der Waals surface area contributed by atoms with Gasteiger partial charge >= 0.3 is 5.97 Å². The summed E-state index contributed by atoms with van der Waals surface area (Å²) < 4.78 is 40.1. The minimum Gasteiger partial charge on any atom is -0.480 e. The Kier molecular flexibility index (Phi) is 3.47. The molecular formula is C11H12F3NO2. The number of alkyl halides is 1. The molecule has 3 N–H and O–H groups in total. The maximum absolute atomic E-state index is 13.6. The summed E-state index contributed by atoms with van der Waals surface area (Å²) in [4.78, 5) is 10.6. The number of nitrogens with two attached hydrogens (primary N) is 1. The van der Waals surface area contributed by atoms with Crippen molar-refractivity contribution in [3.8, 4) is 0 Å². The fraction of sp³-hybridized carbons (Fsp3) is 0.364. The van der Waals surface area contributed by atoms with E-state index in [1.807, 2.05) is 0 Å². The van der Waals surface area contributed by atoms with Crippen molar-refractivity contribution in [3.63, 3.8) is 0 Å². The molecule has 0 radical (unpaired) electrons. The number of carboxylic acid groups (broad SMARTS) is 1. The van der Waals surface area contributed by atoms with Crippen LogP contribution in [-0.4, -0.2) is 11.1 Å². The Morgan fingerprint density at radius 1 is 1.41 bits per heavy atom. The average Bonchev–Trinajstić information content (AvgIpc) is 2.19. The van der Waals surface area contributed by atoms with Crippen molar-refractivity contribution in [2.45, 2.75) is 25.6 Å². The van der Waals surface area contributed by atoms with Gasteiger partial charge in [0.15, 0.2) is 11.6 Å². The van der Waals surface area contributed by atoms with Gasteiger partial charge < -0.3 is 10.8 Å². The maximum Gasteiger partial charge on any atom is 0.325 e. The largest absolute Gasteiger partial charge is 0.480 e. The topological polar surface area (TPSA) is 63.3 Å². The van der Waals surface area contributed by atoms with Crippen LogP contribution in [0.3, 0.4) is 0 Å². The molecule has 6 heteroatoms. The summed E-state index contributed by atoms with van der Waals surface area (Å²) in [5.74, 6) is -4.20. The second-order valence-corrected chi connectivity index (χ2v) is 4.15. The smallest absolute Gasteiger partial charge is 0.325 e. The third-order valence-electron chi connectivity index (χ3n) is 2.34. The molecule has 94 valence electrons. The number of carbonyl (C=O) groups is 1. The van der Waals surface area contributed by atoms with Gasteiger partial charge in [0.2, 0.25) is 0 Å². The monoisotopic (exact) mass is 247 g/mol. The number of aliphatic carboxylic acids is 1. The van der Waals surface area contributed by atoms with Gasteiger partial charge in [0.1, 0.15) is 11.7 Å². The zero-order valence-corrected chi connectivity index (χ0v) is 9.30. The van der Waals surface area contributed by atoms with E-state index in [4.69, 9.17) is 10.8 Å². The van der Waals surface area contributed by atoms with Crippen LogP contribution in [0.25, 0.3) is 0 Å². The summed E-state index contributed by atoms with van der Waals surface area (Å²) in [6.07, 6.45) is 0. The van der Waals surface area contributed by atoms with E-state index in [0.717, 1.165) is 19.9 Å². The fourth-order valence-corrected chi connectivity index (χ4v) is 1.31. The molecule has 0 aliphatic rings. The van der Waals surface area contributed by atoms with E-state index in [1.54, 1.807) is 0 Å². The van der Waals surface area contributed by atoms with Crippen molar-refractivity contribution in [2.24, 2.45) is 5.73 Å². The highest BCUT2D eigenvalue weighted by Crippen LogP contribution is 2.29. The van der Waals surface area contributed by atoms with Crippen molar-refractivity contribution in [3.05, 3.63) is 34.9 Å². The Labute approximate surface area is 96.0 Å². The lowest BCUT2D eigenvalue weighted by Crippen LogP contribution is -2.23. The Bertz CT molecular complexity index is 455. The van der Waals surface area contributed by atoms with Crippen molar-refractivity contribution < 1.29 is 23.1 Å². The predicted molar refractivity (Wildman–Crippen MR) is 55.1 cm³/mol. The zero-order valence-electron chi connectivity index (χ0n) is 9.30. The van der Waals surface area contributed by atoms with E-state index in [9.17, 15) is 18.0 Å². The van der Waals surface area contributed by atoms with Crippen LogP contribution in [0.2, 0.25) is 0 Å². The van der Waals surface area contributed by atoms with Gasteiger partial charge in [0, 0.05) is 5.56 Å². The van der Waals surface area contributed by atoms with Crippen LogP contribution >= 0.6 is 0 Å². The van der Waals surface area contributed by atoms with Crippen molar-refractivity contribution in [1.82, 2.24) is 0 Å². The molecule has 0 aliphatic heterocycles. The number of hydrogen-bond acceptors (Lipinski definition) is 2. The third-order valence-corrected chi connectivity index (χ3v) is 2.34. The molecule has 0 spiro atoms. The molecule has 0 amide bonds. The Morgan fingerprint density at radius 3 is 2.35 bits per heavy atom. The molecule has 1 aromatic carbocycles. The molecule has 1 unspecified atom stereocenters. The normalized spacial score (nSPS) is 13.5. The number of rotatable bonds is 3. The van der Waals surface area contributed by atoms with E-state index in [1.165, 1.54) is 0 Å². The van der Waals surface area contributed by atoms with Crippen LogP contribution in [0.4, 0.5) is 13.2 Å². The summed E-state index contributed by atoms with van der Waals surface area (Å²) in [6, 6.07) is -0.114. The molecule has 1 atom stereocenters. The summed E-state index contributed by atoms with van der Waals surface area (Å²) in [7, 11) is 0.